The Labute approximate surface area is 179 Å². The minimum absolute atomic E-state index is 0.0284. The zero-order valence-electron chi connectivity index (χ0n) is 17.0. The first-order valence-corrected chi connectivity index (χ1v) is 9.77. The molecule has 2 aromatic rings. The third-order valence-corrected chi connectivity index (χ3v) is 4.75. The molecule has 162 valence electrons. The molecule has 1 aliphatic heterocycles. The lowest BCUT2D eigenvalue weighted by Gasteiger charge is -2.14. The van der Waals surface area contributed by atoms with E-state index >= 15 is 0 Å². The summed E-state index contributed by atoms with van der Waals surface area (Å²) in [4.78, 5) is 36.0. The van der Waals surface area contributed by atoms with Gasteiger partial charge in [0.2, 0.25) is 0 Å². The first-order chi connectivity index (χ1) is 15.0. The molecule has 0 spiro atoms. The van der Waals surface area contributed by atoms with Crippen LogP contribution in [-0.4, -0.2) is 43.1 Å². The summed E-state index contributed by atoms with van der Waals surface area (Å²) in [6, 6.07) is 12.2. The van der Waals surface area contributed by atoms with E-state index in [1.54, 1.807) is 30.3 Å². The van der Waals surface area contributed by atoms with E-state index in [2.05, 4.69) is 10.6 Å². The van der Waals surface area contributed by atoms with Crippen molar-refractivity contribution >= 4 is 23.6 Å². The topological polar surface area (TPSA) is 120 Å². The molecule has 0 aromatic heterocycles. The molecule has 9 nitrogen and oxygen atoms in total. The largest absolute Gasteiger partial charge is 0.497 e. The summed E-state index contributed by atoms with van der Waals surface area (Å²) in [5, 5.41) is 16.4. The maximum atomic E-state index is 12.8. The number of nitrogens with zero attached hydrogens (tertiary/aromatic N) is 1. The lowest BCUT2D eigenvalue weighted by molar-refractivity contribution is -0.384. The molecular formula is C22H23N3O6. The fourth-order valence-electron chi connectivity index (χ4n) is 3.10. The molecule has 0 bridgehead atoms. The maximum Gasteiger partial charge on any atom is 0.270 e. The Bertz CT molecular complexity index is 981. The van der Waals surface area contributed by atoms with Crippen LogP contribution in [0.3, 0.4) is 0 Å². The third kappa shape index (κ3) is 6.13. The number of carbonyl (C=O) groups is 2. The number of nitro benzene ring substituents is 1. The smallest absolute Gasteiger partial charge is 0.270 e. The molecule has 9 heteroatoms. The van der Waals surface area contributed by atoms with Crippen LogP contribution in [0.1, 0.15) is 28.8 Å². The predicted molar refractivity (Wildman–Crippen MR) is 114 cm³/mol. The number of amides is 2. The van der Waals surface area contributed by atoms with Crippen molar-refractivity contribution in [1.82, 2.24) is 10.6 Å². The van der Waals surface area contributed by atoms with Crippen LogP contribution in [0.5, 0.6) is 5.75 Å². The van der Waals surface area contributed by atoms with E-state index in [1.165, 1.54) is 31.4 Å². The average molecular weight is 425 g/mol. The van der Waals surface area contributed by atoms with E-state index in [9.17, 15) is 19.7 Å². The van der Waals surface area contributed by atoms with Gasteiger partial charge in [-0.25, -0.2) is 0 Å². The van der Waals surface area contributed by atoms with Gasteiger partial charge < -0.3 is 20.1 Å². The number of hydrogen-bond acceptors (Lipinski definition) is 6. The van der Waals surface area contributed by atoms with Gasteiger partial charge in [-0.15, -0.1) is 0 Å². The van der Waals surface area contributed by atoms with Crippen molar-refractivity contribution in [3.8, 4) is 5.75 Å². The third-order valence-electron chi connectivity index (χ3n) is 4.75. The van der Waals surface area contributed by atoms with Gasteiger partial charge in [0.1, 0.15) is 11.4 Å². The number of carbonyl (C=O) groups excluding carboxylic acids is 2. The zero-order chi connectivity index (χ0) is 22.2. The van der Waals surface area contributed by atoms with Gasteiger partial charge in [-0.3, -0.25) is 19.7 Å². The van der Waals surface area contributed by atoms with Gasteiger partial charge in [-0.2, -0.15) is 0 Å². The highest BCUT2D eigenvalue weighted by Crippen LogP contribution is 2.17. The van der Waals surface area contributed by atoms with Crippen LogP contribution >= 0.6 is 0 Å². The van der Waals surface area contributed by atoms with E-state index in [1.807, 2.05) is 0 Å². The van der Waals surface area contributed by atoms with Gasteiger partial charge in [0.15, 0.2) is 0 Å². The van der Waals surface area contributed by atoms with Crippen molar-refractivity contribution in [1.29, 1.82) is 0 Å². The fraction of sp³-hybridized carbons (Fsp3) is 0.273. The minimum atomic E-state index is -0.523. The van der Waals surface area contributed by atoms with Crippen LogP contribution in [0.15, 0.2) is 54.2 Å². The molecule has 0 radical (unpaired) electrons. The quantitative estimate of drug-likeness (QED) is 0.381. The van der Waals surface area contributed by atoms with Crippen molar-refractivity contribution in [2.45, 2.75) is 18.9 Å². The first kappa shape index (κ1) is 22.0. The van der Waals surface area contributed by atoms with Crippen LogP contribution in [0.2, 0.25) is 0 Å². The number of ether oxygens (including phenoxy) is 2. The van der Waals surface area contributed by atoms with Gasteiger partial charge in [0.25, 0.3) is 17.5 Å². The summed E-state index contributed by atoms with van der Waals surface area (Å²) >= 11 is 0. The molecule has 0 saturated carbocycles. The molecule has 1 heterocycles. The molecule has 0 aliphatic carbocycles. The molecule has 3 rings (SSSR count). The van der Waals surface area contributed by atoms with Crippen molar-refractivity contribution in [3.63, 3.8) is 0 Å². The lowest BCUT2D eigenvalue weighted by atomic mass is 10.1. The summed E-state index contributed by atoms with van der Waals surface area (Å²) in [7, 11) is 1.52. The Morgan fingerprint density at radius 2 is 2.03 bits per heavy atom. The molecule has 2 N–H and O–H groups in total. The number of rotatable bonds is 8. The van der Waals surface area contributed by atoms with Crippen LogP contribution in [-0.2, 0) is 9.53 Å². The summed E-state index contributed by atoms with van der Waals surface area (Å²) in [5.41, 5.74) is 0.595. The molecule has 2 amide bonds. The minimum Gasteiger partial charge on any atom is -0.497 e. The van der Waals surface area contributed by atoms with Gasteiger partial charge >= 0.3 is 0 Å². The Balaban J connectivity index is 1.81. The number of methoxy groups -OCH3 is 1. The van der Waals surface area contributed by atoms with Gasteiger partial charge in [0.05, 0.1) is 18.1 Å². The van der Waals surface area contributed by atoms with Crippen LogP contribution < -0.4 is 15.4 Å². The lowest BCUT2D eigenvalue weighted by Crippen LogP contribution is -2.38. The predicted octanol–water partition coefficient (Wildman–Crippen LogP) is 2.67. The van der Waals surface area contributed by atoms with E-state index in [0.717, 1.165) is 12.8 Å². The number of nitro groups is 1. The van der Waals surface area contributed by atoms with Crippen molar-refractivity contribution < 1.29 is 24.0 Å². The second-order valence-corrected chi connectivity index (χ2v) is 6.94. The normalized spacial score (nSPS) is 15.9. The Morgan fingerprint density at radius 1 is 1.26 bits per heavy atom. The highest BCUT2D eigenvalue weighted by molar-refractivity contribution is 6.05. The molecule has 2 aromatic carbocycles. The van der Waals surface area contributed by atoms with Crippen LogP contribution in [0, 0.1) is 10.1 Å². The Kier molecular flexibility index (Phi) is 7.34. The molecule has 1 saturated heterocycles. The van der Waals surface area contributed by atoms with E-state index in [0.29, 0.717) is 30.0 Å². The Morgan fingerprint density at radius 3 is 2.68 bits per heavy atom. The summed E-state index contributed by atoms with van der Waals surface area (Å²) in [6.45, 7) is 0.967. The first-order valence-electron chi connectivity index (χ1n) is 9.77. The average Bonchev–Trinajstić information content (AvgIpc) is 3.31. The van der Waals surface area contributed by atoms with Gasteiger partial charge in [-0.1, -0.05) is 12.1 Å². The van der Waals surface area contributed by atoms with Crippen LogP contribution in [0.25, 0.3) is 6.08 Å². The van der Waals surface area contributed by atoms with Crippen LogP contribution in [0.4, 0.5) is 5.69 Å². The maximum absolute atomic E-state index is 12.8. The number of benzene rings is 2. The van der Waals surface area contributed by atoms with Gasteiger partial charge in [-0.05, 0) is 48.7 Å². The zero-order valence-corrected chi connectivity index (χ0v) is 17.0. The Hall–Kier alpha value is -3.72. The highest BCUT2D eigenvalue weighted by Gasteiger charge is 2.19. The summed E-state index contributed by atoms with van der Waals surface area (Å²) in [5.74, 6) is -0.409. The molecular weight excluding hydrogens is 402 g/mol. The van der Waals surface area contributed by atoms with E-state index < -0.39 is 16.7 Å². The molecule has 1 unspecified atom stereocenters. The highest BCUT2D eigenvalue weighted by atomic mass is 16.6. The molecule has 1 fully saturated rings. The van der Waals surface area contributed by atoms with Crippen molar-refractivity contribution in [3.05, 3.63) is 75.5 Å². The molecule has 31 heavy (non-hydrogen) atoms. The van der Waals surface area contributed by atoms with Gasteiger partial charge in [0, 0.05) is 30.8 Å². The molecule has 1 atom stereocenters. The molecule has 1 aliphatic rings. The number of non-ortho nitro benzene ring substituents is 1. The fourth-order valence-corrected chi connectivity index (χ4v) is 3.10. The summed E-state index contributed by atoms with van der Waals surface area (Å²) in [6.07, 6.45) is 3.12. The standard InChI is InChI=1S/C22H23N3O6/c1-30-18-9-7-16(8-10-18)21(26)24-20(22(27)23-14-19-6-3-11-31-19)13-15-4-2-5-17(12-15)25(28)29/h2,4-5,7-10,12-13,19H,3,6,11,14H2,1H3,(H,23,27)(H,24,26). The second-order valence-electron chi connectivity index (χ2n) is 6.94. The second kappa shape index (κ2) is 10.4. The summed E-state index contributed by atoms with van der Waals surface area (Å²) < 4.78 is 10.6. The van der Waals surface area contributed by atoms with Crippen molar-refractivity contribution in [2.24, 2.45) is 0 Å². The number of nitrogens with one attached hydrogen (secondary N) is 2. The van der Waals surface area contributed by atoms with Crippen molar-refractivity contribution in [2.75, 3.05) is 20.3 Å². The monoisotopic (exact) mass is 425 g/mol. The van der Waals surface area contributed by atoms with E-state index in [-0.39, 0.29) is 17.5 Å². The number of hydrogen-bond donors (Lipinski definition) is 2. The van der Waals surface area contributed by atoms with E-state index in [4.69, 9.17) is 9.47 Å². The SMILES string of the molecule is COc1ccc(C(=O)NC(=Cc2cccc([N+](=O)[O-])c2)C(=O)NCC2CCCO2)cc1.